The Morgan fingerprint density at radius 1 is 0.500 bits per heavy atom. The zero-order valence-electron chi connectivity index (χ0n) is 32.7. The Morgan fingerprint density at radius 2 is 0.967 bits per heavy atom. The highest BCUT2D eigenvalue weighted by Crippen LogP contribution is 2.25. The van der Waals surface area contributed by atoms with E-state index < -0.39 is 5.95 Å². The number of nitrogens with zero attached hydrogens (tertiary/aromatic N) is 12. The van der Waals surface area contributed by atoms with E-state index in [1.165, 1.54) is 12.3 Å². The van der Waals surface area contributed by atoms with E-state index in [1.807, 2.05) is 85.1 Å². The number of benzene rings is 2. The first-order valence-electron chi connectivity index (χ1n) is 19.8. The van der Waals surface area contributed by atoms with E-state index in [0.717, 1.165) is 79.3 Å². The van der Waals surface area contributed by atoms with Crippen molar-refractivity contribution in [3.8, 4) is 11.6 Å². The molecule has 2 aliphatic rings. The largest absolute Gasteiger partial charge is 0.367 e. The van der Waals surface area contributed by atoms with Crippen LogP contribution in [-0.2, 0) is 0 Å². The minimum absolute atomic E-state index is 0. The van der Waals surface area contributed by atoms with Gasteiger partial charge in [-0.15, -0.1) is 22.6 Å². The van der Waals surface area contributed by atoms with E-state index in [2.05, 4.69) is 66.5 Å². The van der Waals surface area contributed by atoms with Crippen molar-refractivity contribution < 1.29 is 4.39 Å². The highest BCUT2D eigenvalue weighted by Gasteiger charge is 2.22. The molecule has 0 spiro atoms. The lowest BCUT2D eigenvalue weighted by molar-refractivity contribution is 0.410. The third-order valence-electron chi connectivity index (χ3n) is 10.2. The molecule has 0 unspecified atom stereocenters. The van der Waals surface area contributed by atoms with Gasteiger partial charge in [0.15, 0.2) is 11.6 Å². The molecule has 6 heterocycles. The molecule has 5 N–H and O–H groups in total. The maximum atomic E-state index is 11.8. The van der Waals surface area contributed by atoms with Crippen molar-refractivity contribution in [3.05, 3.63) is 128 Å². The van der Waals surface area contributed by atoms with Crippen LogP contribution in [0.25, 0.3) is 33.7 Å². The van der Waals surface area contributed by atoms with Gasteiger partial charge in [0.2, 0.25) is 17.8 Å². The molecule has 0 radical (unpaired) electrons. The third-order valence-corrected chi connectivity index (χ3v) is 10.2. The number of fused-ring (bicyclic) bond motifs is 2. The molecule has 60 heavy (non-hydrogen) atoms. The second-order valence-electron chi connectivity index (χ2n) is 14.4. The quantitative estimate of drug-likeness (QED) is 0.114. The second kappa shape index (κ2) is 20.3. The molecule has 0 aliphatic heterocycles. The summed E-state index contributed by atoms with van der Waals surface area (Å²) in [6.07, 6.45) is 15.2. The summed E-state index contributed by atoms with van der Waals surface area (Å²) in [4.78, 5) is 25.6. The zero-order chi connectivity index (χ0) is 40.2. The highest BCUT2D eigenvalue weighted by atomic mass is 35.5. The Balaban J connectivity index is 0.000000157. The first-order chi connectivity index (χ1) is 29.0. The van der Waals surface area contributed by atoms with Crippen LogP contribution in [0.15, 0.2) is 122 Å². The van der Waals surface area contributed by atoms with Crippen LogP contribution in [0.1, 0.15) is 51.4 Å². The number of hydrogen-bond donors (Lipinski definition) is 4. The Morgan fingerprint density at radius 3 is 1.43 bits per heavy atom. The molecule has 2 aromatic carbocycles. The summed E-state index contributed by atoms with van der Waals surface area (Å²) < 4.78 is 15.3. The van der Waals surface area contributed by atoms with Crippen LogP contribution in [0.4, 0.5) is 22.1 Å². The fraction of sp³-hybridized carbons (Fsp3) is 0.286. The number of pyridine rings is 2. The maximum absolute atomic E-state index is 11.8. The molecule has 0 bridgehead atoms. The van der Waals surface area contributed by atoms with E-state index in [-0.39, 0.29) is 12.4 Å². The van der Waals surface area contributed by atoms with Gasteiger partial charge in [0.05, 0.1) is 11.0 Å². The van der Waals surface area contributed by atoms with Crippen LogP contribution in [0, 0.1) is 5.95 Å². The number of halogens is 2. The molecular weight excluding hydrogens is 783 g/mol. The number of nitrogens with one attached hydrogen (secondary N) is 3. The Labute approximate surface area is 352 Å². The van der Waals surface area contributed by atoms with Crippen molar-refractivity contribution in [2.75, 3.05) is 16.0 Å². The number of anilines is 3. The van der Waals surface area contributed by atoms with Gasteiger partial charge < -0.3 is 21.7 Å². The van der Waals surface area contributed by atoms with Gasteiger partial charge in [-0.3, -0.25) is 0 Å². The summed E-state index contributed by atoms with van der Waals surface area (Å²) in [5.41, 5.74) is 9.51. The first-order valence-corrected chi connectivity index (χ1v) is 19.8. The average Bonchev–Trinajstić information content (AvgIpc) is 3.92. The monoisotopic (exact) mass is 828 g/mol. The Kier molecular flexibility index (Phi) is 14.0. The average molecular weight is 829 g/mol. The molecule has 16 nitrogen and oxygen atoms in total. The number of hydrogen-bond acceptors (Lipinski definition) is 14. The minimum Gasteiger partial charge on any atom is -0.367 e. The molecule has 2 aliphatic carbocycles. The number of para-hydroxylation sites is 2. The van der Waals surface area contributed by atoms with Crippen LogP contribution in [-0.4, -0.2) is 84.1 Å². The van der Waals surface area contributed by atoms with Crippen molar-refractivity contribution >= 4 is 52.2 Å². The SMILES string of the molecule is Cl.Fc1ccccn1.NC1CCC(Nc2nccc(-n3nnc4ccccc43)n2)CC1.c1ccc(NC2CCC(Nc3nccc(-n4nnc5ccccc54)n3)CC2)nc1. The molecule has 8 aromatic rings. The van der Waals surface area contributed by atoms with Gasteiger partial charge in [-0.25, -0.2) is 19.9 Å². The van der Waals surface area contributed by atoms with E-state index in [4.69, 9.17) is 5.73 Å². The molecule has 2 saturated carbocycles. The fourth-order valence-corrected chi connectivity index (χ4v) is 7.16. The predicted molar refractivity (Wildman–Crippen MR) is 232 cm³/mol. The van der Waals surface area contributed by atoms with Gasteiger partial charge in [-0.2, -0.15) is 23.7 Å². The van der Waals surface area contributed by atoms with E-state index >= 15 is 0 Å². The molecule has 6 aromatic heterocycles. The van der Waals surface area contributed by atoms with Gasteiger partial charge in [0, 0.05) is 61.1 Å². The molecular formula is C42H46ClFN16. The number of nitrogens with two attached hydrogens (primary N) is 1. The van der Waals surface area contributed by atoms with E-state index in [9.17, 15) is 4.39 Å². The van der Waals surface area contributed by atoms with E-state index in [1.54, 1.807) is 33.9 Å². The smallest absolute Gasteiger partial charge is 0.224 e. The lowest BCUT2D eigenvalue weighted by atomic mass is 9.91. The normalized spacial score (nSPS) is 18.5. The van der Waals surface area contributed by atoms with E-state index in [0.29, 0.717) is 47.7 Å². The second-order valence-corrected chi connectivity index (χ2v) is 14.4. The summed E-state index contributed by atoms with van der Waals surface area (Å²) in [5.74, 6) is 3.19. The predicted octanol–water partition coefficient (Wildman–Crippen LogP) is 6.98. The topological polar surface area (TPSA) is 201 Å². The molecule has 10 rings (SSSR count). The lowest BCUT2D eigenvalue weighted by Gasteiger charge is -2.30. The Bertz CT molecular complexity index is 2520. The molecule has 18 heteroatoms. The van der Waals surface area contributed by atoms with Crippen LogP contribution in [0.3, 0.4) is 0 Å². The fourth-order valence-electron chi connectivity index (χ4n) is 7.16. The van der Waals surface area contributed by atoms with Gasteiger partial charge in [-0.1, -0.05) is 46.8 Å². The first kappa shape index (κ1) is 41.4. The van der Waals surface area contributed by atoms with Crippen molar-refractivity contribution in [2.24, 2.45) is 5.73 Å². The summed E-state index contributed by atoms with van der Waals surface area (Å²) in [5, 5.41) is 27.2. The molecule has 0 amide bonds. The van der Waals surface area contributed by atoms with Crippen LogP contribution < -0.4 is 21.7 Å². The molecule has 308 valence electrons. The van der Waals surface area contributed by atoms with Gasteiger partial charge >= 0.3 is 0 Å². The van der Waals surface area contributed by atoms with Gasteiger partial charge in [0.1, 0.15) is 16.9 Å². The number of rotatable bonds is 8. The summed E-state index contributed by atoms with van der Waals surface area (Å²) in [6, 6.07) is 31.4. The molecule has 0 saturated heterocycles. The molecule has 2 fully saturated rings. The summed E-state index contributed by atoms with van der Waals surface area (Å²) in [6.45, 7) is 0. The van der Waals surface area contributed by atoms with Gasteiger partial charge in [0.25, 0.3) is 0 Å². The van der Waals surface area contributed by atoms with Crippen LogP contribution in [0.2, 0.25) is 0 Å². The zero-order valence-corrected chi connectivity index (χ0v) is 33.6. The Hall–Kier alpha value is -6.72. The van der Waals surface area contributed by atoms with Crippen molar-refractivity contribution in [1.29, 1.82) is 0 Å². The van der Waals surface area contributed by atoms with Crippen LogP contribution in [0.5, 0.6) is 0 Å². The number of aromatic nitrogens is 12. The van der Waals surface area contributed by atoms with Crippen molar-refractivity contribution in [3.63, 3.8) is 0 Å². The van der Waals surface area contributed by atoms with Gasteiger partial charge in [-0.05, 0) is 99.9 Å². The van der Waals surface area contributed by atoms with Crippen molar-refractivity contribution in [1.82, 2.24) is 59.9 Å². The van der Waals surface area contributed by atoms with Crippen LogP contribution >= 0.6 is 12.4 Å². The minimum atomic E-state index is -0.428. The summed E-state index contributed by atoms with van der Waals surface area (Å²) >= 11 is 0. The standard InChI is InChI=1S/C21H22N8.C16H19N7.C5H4FN.ClH/c1-2-6-18-17(5-1)27-28-29(18)20-12-14-23-21(26-20)25-16-10-8-15(9-11-16)24-19-7-3-4-13-22-19;17-11-5-7-12(8-6-11)19-16-18-10-9-15(20-16)23-14-4-2-1-3-13(14)21-22-23;6-5-3-1-2-4-7-5;/h1-7,12-16H,8-11H2,(H,22,24)(H,23,25,26);1-4,9-12H,5-8,17H2,(H,18,19,20);1-4H;1H. The molecule has 0 atom stereocenters. The third kappa shape index (κ3) is 10.9. The highest BCUT2D eigenvalue weighted by molar-refractivity contribution is 5.85. The van der Waals surface area contributed by atoms with Crippen molar-refractivity contribution in [2.45, 2.75) is 75.5 Å². The lowest BCUT2D eigenvalue weighted by Crippen LogP contribution is -2.33. The maximum Gasteiger partial charge on any atom is 0.224 e. The summed E-state index contributed by atoms with van der Waals surface area (Å²) in [7, 11) is 0.